The van der Waals surface area contributed by atoms with Gasteiger partial charge in [0, 0.05) is 17.7 Å². The Balaban J connectivity index is 1.26. The number of nitro groups is 1. The van der Waals surface area contributed by atoms with Crippen LogP contribution in [0.1, 0.15) is 21.5 Å². The maximum atomic E-state index is 12.3. The summed E-state index contributed by atoms with van der Waals surface area (Å²) >= 11 is 1.53. The highest BCUT2D eigenvalue weighted by Crippen LogP contribution is 2.39. The van der Waals surface area contributed by atoms with Gasteiger partial charge in [0.15, 0.2) is 0 Å². The molecule has 192 valence electrons. The molecule has 0 spiro atoms. The summed E-state index contributed by atoms with van der Waals surface area (Å²) in [6.45, 7) is 2.06. The van der Waals surface area contributed by atoms with Gasteiger partial charge in [0.1, 0.15) is 5.75 Å². The van der Waals surface area contributed by atoms with Gasteiger partial charge >= 0.3 is 5.97 Å². The first kappa shape index (κ1) is 25.5. The van der Waals surface area contributed by atoms with Gasteiger partial charge in [-0.05, 0) is 54.4 Å². The van der Waals surface area contributed by atoms with Gasteiger partial charge in [-0.3, -0.25) is 15.5 Å². The van der Waals surface area contributed by atoms with E-state index in [1.165, 1.54) is 41.2 Å². The molecule has 0 radical (unpaired) electrons. The molecule has 0 atom stereocenters. The van der Waals surface area contributed by atoms with Crippen LogP contribution < -0.4 is 10.2 Å². The number of aromatic nitrogens is 1. The summed E-state index contributed by atoms with van der Waals surface area (Å²) in [5.41, 5.74) is 8.14. The van der Waals surface area contributed by atoms with Crippen molar-refractivity contribution in [2.24, 2.45) is 5.10 Å². The van der Waals surface area contributed by atoms with E-state index in [9.17, 15) is 14.9 Å². The normalized spacial score (nSPS) is 10.9. The number of anilines is 1. The molecule has 5 rings (SSSR count). The number of aryl methyl sites for hydroxylation is 1. The molecule has 5 aromatic rings. The molecule has 39 heavy (non-hydrogen) atoms. The molecule has 1 aromatic heterocycles. The van der Waals surface area contributed by atoms with Gasteiger partial charge in [-0.25, -0.2) is 9.78 Å². The van der Waals surface area contributed by atoms with E-state index in [2.05, 4.69) is 53.8 Å². The second-order valence-electron chi connectivity index (χ2n) is 8.56. The van der Waals surface area contributed by atoms with E-state index in [4.69, 9.17) is 9.72 Å². The van der Waals surface area contributed by atoms with E-state index in [1.807, 2.05) is 18.2 Å². The molecule has 0 aliphatic rings. The topological polar surface area (TPSA) is 107 Å². The van der Waals surface area contributed by atoms with Crippen LogP contribution >= 0.6 is 11.3 Å². The van der Waals surface area contributed by atoms with Gasteiger partial charge in [0.25, 0.3) is 5.69 Å². The third-order valence-corrected chi connectivity index (χ3v) is 6.78. The van der Waals surface area contributed by atoms with Crippen LogP contribution in [-0.2, 0) is 0 Å². The van der Waals surface area contributed by atoms with Crippen LogP contribution in [-0.4, -0.2) is 22.1 Å². The molecule has 8 nitrogen and oxygen atoms in total. The van der Waals surface area contributed by atoms with Gasteiger partial charge in [-0.2, -0.15) is 5.10 Å². The first-order chi connectivity index (χ1) is 19.0. The Kier molecular flexibility index (Phi) is 7.51. The minimum absolute atomic E-state index is 0.0933. The number of thiazole rings is 1. The summed E-state index contributed by atoms with van der Waals surface area (Å²) in [5, 5.41) is 15.8. The smallest absolute Gasteiger partial charge is 0.343 e. The molecule has 4 aromatic carbocycles. The molecule has 0 bridgehead atoms. The van der Waals surface area contributed by atoms with Crippen molar-refractivity contribution in [3.63, 3.8) is 0 Å². The molecule has 1 heterocycles. The van der Waals surface area contributed by atoms with Crippen LogP contribution in [0.2, 0.25) is 0 Å². The average molecular weight is 535 g/mol. The third kappa shape index (κ3) is 6.23. The molecule has 0 saturated heterocycles. The van der Waals surface area contributed by atoms with Crippen LogP contribution in [0, 0.1) is 17.0 Å². The number of hydrogen-bond donors (Lipinski definition) is 1. The predicted molar refractivity (Wildman–Crippen MR) is 153 cm³/mol. The molecule has 0 aliphatic heterocycles. The van der Waals surface area contributed by atoms with Crippen LogP contribution in [0.3, 0.4) is 0 Å². The maximum absolute atomic E-state index is 12.3. The monoisotopic (exact) mass is 534 g/mol. The Morgan fingerprint density at radius 1 is 0.923 bits per heavy atom. The molecular formula is C30H22N4O4S. The predicted octanol–water partition coefficient (Wildman–Crippen LogP) is 7.36. The summed E-state index contributed by atoms with van der Waals surface area (Å²) in [4.78, 5) is 28.4. The lowest BCUT2D eigenvalue weighted by Gasteiger charge is -2.04. The number of carbonyl (C=O) groups excluding carboxylic acids is 1. The molecule has 0 unspecified atom stereocenters. The van der Waals surface area contributed by atoms with Crippen molar-refractivity contribution >= 4 is 34.3 Å². The van der Waals surface area contributed by atoms with Crippen LogP contribution in [0.15, 0.2) is 108 Å². The number of benzene rings is 4. The highest BCUT2D eigenvalue weighted by molar-refractivity contribution is 7.19. The van der Waals surface area contributed by atoms with Crippen molar-refractivity contribution in [1.82, 2.24) is 4.98 Å². The summed E-state index contributed by atoms with van der Waals surface area (Å²) in [6.07, 6.45) is 1.65. The number of rotatable bonds is 8. The van der Waals surface area contributed by atoms with Crippen molar-refractivity contribution in [3.8, 4) is 27.4 Å². The Bertz CT molecular complexity index is 1630. The second kappa shape index (κ2) is 11.5. The zero-order chi connectivity index (χ0) is 27.2. The van der Waals surface area contributed by atoms with Crippen LogP contribution in [0.4, 0.5) is 10.8 Å². The van der Waals surface area contributed by atoms with Crippen molar-refractivity contribution in [2.75, 3.05) is 5.43 Å². The van der Waals surface area contributed by atoms with Gasteiger partial charge in [-0.15, -0.1) is 0 Å². The van der Waals surface area contributed by atoms with E-state index in [-0.39, 0.29) is 11.3 Å². The quantitative estimate of drug-likeness (QED) is 0.0733. The van der Waals surface area contributed by atoms with Crippen molar-refractivity contribution in [2.45, 2.75) is 6.92 Å². The highest BCUT2D eigenvalue weighted by atomic mass is 32.1. The summed E-state index contributed by atoms with van der Waals surface area (Å²) < 4.78 is 5.36. The van der Waals surface area contributed by atoms with Crippen LogP contribution in [0.25, 0.3) is 21.7 Å². The van der Waals surface area contributed by atoms with Gasteiger partial charge in [0.2, 0.25) is 5.13 Å². The molecule has 0 fully saturated rings. The van der Waals surface area contributed by atoms with Crippen LogP contribution in [0.5, 0.6) is 5.75 Å². The number of nitrogens with zero attached hydrogens (tertiary/aromatic N) is 3. The largest absolute Gasteiger partial charge is 0.423 e. The fourth-order valence-corrected chi connectivity index (χ4v) is 4.67. The summed E-state index contributed by atoms with van der Waals surface area (Å²) in [7, 11) is 0. The Labute approximate surface area is 228 Å². The lowest BCUT2D eigenvalue weighted by atomic mass is 10.1. The zero-order valence-electron chi connectivity index (χ0n) is 20.8. The van der Waals surface area contributed by atoms with Gasteiger partial charge in [-0.1, -0.05) is 71.5 Å². The number of nitrogens with one attached hydrogen (secondary N) is 1. The van der Waals surface area contributed by atoms with Crippen molar-refractivity contribution in [3.05, 3.63) is 130 Å². The fraction of sp³-hybridized carbons (Fsp3) is 0.0333. The number of hydrogen-bond acceptors (Lipinski definition) is 8. The lowest BCUT2D eigenvalue weighted by molar-refractivity contribution is -0.384. The number of carbonyl (C=O) groups is 1. The molecule has 0 amide bonds. The highest BCUT2D eigenvalue weighted by Gasteiger charge is 2.15. The Hall–Kier alpha value is -5.15. The number of nitro benzene ring substituents is 1. The fourth-order valence-electron chi connectivity index (χ4n) is 3.73. The van der Waals surface area contributed by atoms with Gasteiger partial charge in [0.05, 0.1) is 27.3 Å². The lowest BCUT2D eigenvalue weighted by Crippen LogP contribution is -2.08. The number of hydrazone groups is 1. The first-order valence-electron chi connectivity index (χ1n) is 12.0. The maximum Gasteiger partial charge on any atom is 0.343 e. The molecule has 0 saturated carbocycles. The standard InChI is InChI=1S/C30H22N4O4S/c1-20-7-11-22(12-8-20)27-28(23-5-3-2-4-6-23)39-30(32-27)33-31-19-21-9-17-26(18-10-21)38-29(35)24-13-15-25(16-14-24)34(36)37/h2-19H,1H3,(H,32,33)/b31-19-. The minimum atomic E-state index is -0.602. The Morgan fingerprint density at radius 2 is 1.62 bits per heavy atom. The molecule has 9 heteroatoms. The summed E-state index contributed by atoms with van der Waals surface area (Å²) in [5.74, 6) is -0.256. The van der Waals surface area contributed by atoms with E-state index >= 15 is 0 Å². The third-order valence-electron chi connectivity index (χ3n) is 5.77. The van der Waals surface area contributed by atoms with Crippen molar-refractivity contribution < 1.29 is 14.5 Å². The average Bonchev–Trinajstić information content (AvgIpc) is 3.39. The van der Waals surface area contributed by atoms with E-state index < -0.39 is 10.9 Å². The molecule has 1 N–H and O–H groups in total. The van der Waals surface area contributed by atoms with E-state index in [0.29, 0.717) is 10.9 Å². The van der Waals surface area contributed by atoms with Crippen molar-refractivity contribution in [1.29, 1.82) is 0 Å². The summed E-state index contributed by atoms with van der Waals surface area (Å²) in [6, 6.07) is 30.5. The van der Waals surface area contributed by atoms with E-state index in [0.717, 1.165) is 27.3 Å². The first-order valence-corrected chi connectivity index (χ1v) is 12.8. The number of non-ortho nitro benzene ring substituents is 1. The zero-order valence-corrected chi connectivity index (χ0v) is 21.6. The number of esters is 1. The number of ether oxygens (including phenoxy) is 1. The molecular weight excluding hydrogens is 512 g/mol. The SMILES string of the molecule is Cc1ccc(-c2nc(N/N=C\c3ccc(OC(=O)c4ccc([N+](=O)[O-])cc4)cc3)sc2-c2ccccc2)cc1. The molecule has 0 aliphatic carbocycles. The van der Waals surface area contributed by atoms with Gasteiger partial charge < -0.3 is 4.74 Å². The Morgan fingerprint density at radius 3 is 2.28 bits per heavy atom. The second-order valence-corrected chi connectivity index (χ2v) is 9.56. The van der Waals surface area contributed by atoms with E-state index in [1.54, 1.807) is 30.5 Å². The minimum Gasteiger partial charge on any atom is -0.423 e.